The Kier molecular flexibility index (Phi) is 4.35. The van der Waals surface area contributed by atoms with E-state index in [1.54, 1.807) is 10.9 Å². The van der Waals surface area contributed by atoms with Gasteiger partial charge in [0.05, 0.1) is 16.6 Å². The standard InChI is InChI=1S/C24H28N6O/c1-15-13-28-11-5-6-18(28)14-29(15)24(31)19-12-20(17-8-9-17)26-23-22(19)16(2)27-30(23)21-7-3-4-10-25-21/h3-4,7,10,12,15,17-18H,5-6,8-9,11,13-14H2,1-2H3. The molecule has 0 aromatic carbocycles. The summed E-state index contributed by atoms with van der Waals surface area (Å²) < 4.78 is 1.80. The molecule has 0 spiro atoms. The summed E-state index contributed by atoms with van der Waals surface area (Å²) in [6.07, 6.45) is 6.46. The van der Waals surface area contributed by atoms with E-state index >= 15 is 0 Å². The molecule has 31 heavy (non-hydrogen) atoms. The molecule has 2 unspecified atom stereocenters. The number of carbonyl (C=O) groups is 1. The van der Waals surface area contributed by atoms with Crippen LogP contribution in [-0.4, -0.2) is 67.2 Å². The zero-order valence-corrected chi connectivity index (χ0v) is 18.2. The van der Waals surface area contributed by atoms with Crippen LogP contribution in [0.1, 0.15) is 60.3 Å². The lowest BCUT2D eigenvalue weighted by atomic mass is 10.0. The monoisotopic (exact) mass is 416 g/mol. The van der Waals surface area contributed by atoms with Crippen LogP contribution in [0.25, 0.3) is 16.9 Å². The molecular weight excluding hydrogens is 388 g/mol. The number of piperazine rings is 1. The minimum absolute atomic E-state index is 0.122. The molecule has 1 amide bonds. The van der Waals surface area contributed by atoms with Gasteiger partial charge in [0.2, 0.25) is 0 Å². The average molecular weight is 417 g/mol. The van der Waals surface area contributed by atoms with Crippen molar-refractivity contribution >= 4 is 16.9 Å². The van der Waals surface area contributed by atoms with Crippen molar-refractivity contribution in [2.75, 3.05) is 19.6 Å². The van der Waals surface area contributed by atoms with Crippen molar-refractivity contribution in [2.45, 2.75) is 57.5 Å². The van der Waals surface area contributed by atoms with Crippen molar-refractivity contribution in [1.29, 1.82) is 0 Å². The fourth-order valence-corrected chi connectivity index (χ4v) is 5.33. The number of hydrogen-bond donors (Lipinski definition) is 0. The molecule has 3 fully saturated rings. The number of nitrogens with zero attached hydrogens (tertiary/aromatic N) is 6. The van der Waals surface area contributed by atoms with Crippen LogP contribution in [0.4, 0.5) is 0 Å². The molecule has 5 heterocycles. The summed E-state index contributed by atoms with van der Waals surface area (Å²) in [5.41, 5.74) is 3.34. The summed E-state index contributed by atoms with van der Waals surface area (Å²) >= 11 is 0. The lowest BCUT2D eigenvalue weighted by Crippen LogP contribution is -2.56. The van der Waals surface area contributed by atoms with Gasteiger partial charge in [-0.1, -0.05) is 6.07 Å². The van der Waals surface area contributed by atoms with Gasteiger partial charge in [-0.25, -0.2) is 9.97 Å². The molecule has 6 rings (SSSR count). The maximum atomic E-state index is 13.9. The third-order valence-corrected chi connectivity index (χ3v) is 7.12. The topological polar surface area (TPSA) is 67.2 Å². The molecule has 3 aromatic heterocycles. The van der Waals surface area contributed by atoms with Crippen molar-refractivity contribution in [3.8, 4) is 5.82 Å². The molecule has 7 nitrogen and oxygen atoms in total. The number of pyridine rings is 2. The largest absolute Gasteiger partial charge is 0.333 e. The molecule has 2 aliphatic heterocycles. The molecule has 0 N–H and O–H groups in total. The van der Waals surface area contributed by atoms with E-state index in [9.17, 15) is 4.79 Å². The van der Waals surface area contributed by atoms with Crippen LogP contribution in [0, 0.1) is 6.92 Å². The predicted octanol–water partition coefficient (Wildman–Crippen LogP) is 3.31. The highest BCUT2D eigenvalue weighted by atomic mass is 16.2. The second-order valence-electron chi connectivity index (χ2n) is 9.35. The molecular formula is C24H28N6O. The van der Waals surface area contributed by atoms with Crippen molar-refractivity contribution in [1.82, 2.24) is 29.5 Å². The van der Waals surface area contributed by atoms with Gasteiger partial charge in [-0.2, -0.15) is 9.78 Å². The van der Waals surface area contributed by atoms with E-state index in [0.29, 0.717) is 12.0 Å². The third-order valence-electron chi connectivity index (χ3n) is 7.12. The molecule has 2 saturated heterocycles. The van der Waals surface area contributed by atoms with Crippen LogP contribution in [0.5, 0.6) is 0 Å². The first kappa shape index (κ1) is 18.9. The molecule has 3 aliphatic rings. The number of fused-ring (bicyclic) bond motifs is 2. The van der Waals surface area contributed by atoms with E-state index in [1.807, 2.05) is 31.2 Å². The summed E-state index contributed by atoms with van der Waals surface area (Å²) in [6.45, 7) is 7.09. The van der Waals surface area contributed by atoms with E-state index in [0.717, 1.165) is 59.7 Å². The van der Waals surface area contributed by atoms with Gasteiger partial charge in [0.25, 0.3) is 5.91 Å². The van der Waals surface area contributed by atoms with Crippen molar-refractivity contribution in [2.24, 2.45) is 0 Å². The number of carbonyl (C=O) groups excluding carboxylic acids is 1. The molecule has 0 bridgehead atoms. The Balaban J connectivity index is 1.48. The van der Waals surface area contributed by atoms with Gasteiger partial charge in [0.1, 0.15) is 0 Å². The molecule has 1 saturated carbocycles. The number of hydrogen-bond acceptors (Lipinski definition) is 5. The first-order valence-electron chi connectivity index (χ1n) is 11.5. The molecule has 3 aromatic rings. The zero-order valence-electron chi connectivity index (χ0n) is 18.2. The Morgan fingerprint density at radius 2 is 2.03 bits per heavy atom. The molecule has 2 atom stereocenters. The Bertz CT molecular complexity index is 1150. The van der Waals surface area contributed by atoms with Gasteiger partial charge in [-0.3, -0.25) is 9.69 Å². The quantitative estimate of drug-likeness (QED) is 0.655. The summed E-state index contributed by atoms with van der Waals surface area (Å²) in [7, 11) is 0. The van der Waals surface area contributed by atoms with Crippen molar-refractivity contribution in [3.05, 3.63) is 47.4 Å². The predicted molar refractivity (Wildman–Crippen MR) is 118 cm³/mol. The zero-order chi connectivity index (χ0) is 21.1. The fourth-order valence-electron chi connectivity index (χ4n) is 5.33. The van der Waals surface area contributed by atoms with Gasteiger partial charge < -0.3 is 4.90 Å². The lowest BCUT2D eigenvalue weighted by Gasteiger charge is -2.42. The van der Waals surface area contributed by atoms with Gasteiger partial charge in [0.15, 0.2) is 11.5 Å². The Morgan fingerprint density at radius 1 is 1.16 bits per heavy atom. The molecule has 7 heteroatoms. The van der Waals surface area contributed by atoms with E-state index in [-0.39, 0.29) is 11.9 Å². The minimum atomic E-state index is 0.122. The van der Waals surface area contributed by atoms with E-state index < -0.39 is 0 Å². The van der Waals surface area contributed by atoms with E-state index in [2.05, 4.69) is 21.7 Å². The molecule has 0 radical (unpaired) electrons. The smallest absolute Gasteiger partial charge is 0.255 e. The minimum Gasteiger partial charge on any atom is -0.333 e. The SMILES string of the molecule is Cc1nn(-c2ccccn2)c2nc(C3CC3)cc(C(=O)N3CC4CCCN4CC3C)c12. The van der Waals surface area contributed by atoms with Crippen molar-refractivity contribution in [3.63, 3.8) is 0 Å². The van der Waals surface area contributed by atoms with Gasteiger partial charge >= 0.3 is 0 Å². The molecule has 1 aliphatic carbocycles. The summed E-state index contributed by atoms with van der Waals surface area (Å²) in [4.78, 5) is 28.0. The van der Waals surface area contributed by atoms with Crippen LogP contribution in [0.3, 0.4) is 0 Å². The summed E-state index contributed by atoms with van der Waals surface area (Å²) in [5.74, 6) is 1.30. The number of rotatable bonds is 3. The number of aromatic nitrogens is 4. The van der Waals surface area contributed by atoms with Gasteiger partial charge in [0, 0.05) is 43.0 Å². The second-order valence-corrected chi connectivity index (χ2v) is 9.35. The Labute approximate surface area is 182 Å². The third kappa shape index (κ3) is 3.14. The highest BCUT2D eigenvalue weighted by Gasteiger charge is 2.38. The highest BCUT2D eigenvalue weighted by Crippen LogP contribution is 2.41. The lowest BCUT2D eigenvalue weighted by molar-refractivity contribution is 0.0397. The molecule has 160 valence electrons. The maximum absolute atomic E-state index is 13.9. The Morgan fingerprint density at radius 3 is 2.81 bits per heavy atom. The Hall–Kier alpha value is -2.80. The van der Waals surface area contributed by atoms with Crippen LogP contribution < -0.4 is 0 Å². The highest BCUT2D eigenvalue weighted by molar-refractivity contribution is 6.07. The first-order valence-corrected chi connectivity index (χ1v) is 11.5. The summed E-state index contributed by atoms with van der Waals surface area (Å²) in [5, 5.41) is 5.62. The fraction of sp³-hybridized carbons (Fsp3) is 0.500. The second kappa shape index (κ2) is 7.12. The van der Waals surface area contributed by atoms with E-state index in [1.165, 1.54) is 19.4 Å². The van der Waals surface area contributed by atoms with E-state index in [4.69, 9.17) is 10.1 Å². The van der Waals surface area contributed by atoms with Crippen LogP contribution in [0.2, 0.25) is 0 Å². The number of amides is 1. The van der Waals surface area contributed by atoms with Gasteiger partial charge in [-0.15, -0.1) is 0 Å². The maximum Gasteiger partial charge on any atom is 0.255 e. The first-order chi connectivity index (χ1) is 15.1. The van der Waals surface area contributed by atoms with Crippen LogP contribution >= 0.6 is 0 Å². The average Bonchev–Trinajstić information content (AvgIpc) is 3.46. The van der Waals surface area contributed by atoms with Crippen LogP contribution in [-0.2, 0) is 0 Å². The van der Waals surface area contributed by atoms with Crippen LogP contribution in [0.15, 0.2) is 30.5 Å². The summed E-state index contributed by atoms with van der Waals surface area (Å²) in [6, 6.07) is 8.53. The normalized spacial score (nSPS) is 24.0. The number of aryl methyl sites for hydroxylation is 1. The van der Waals surface area contributed by atoms with Gasteiger partial charge in [-0.05, 0) is 64.3 Å². The van der Waals surface area contributed by atoms with Crippen molar-refractivity contribution < 1.29 is 4.79 Å².